The Hall–Kier alpha value is -6.90. The molecule has 392 valence electrons. The third-order valence-electron chi connectivity index (χ3n) is 14.2. The van der Waals surface area contributed by atoms with Crippen molar-refractivity contribution < 1.29 is 0 Å². The van der Waals surface area contributed by atoms with Crippen LogP contribution in [0.2, 0.25) is 0 Å². The number of benzene rings is 6. The lowest BCUT2D eigenvalue weighted by Gasteiger charge is -2.36. The fourth-order valence-electron chi connectivity index (χ4n) is 10.6. The first-order chi connectivity index (χ1) is 36.4. The molecule has 6 aromatic rings. The average molecular weight is 996 g/mol. The van der Waals surface area contributed by atoms with Gasteiger partial charge in [0.25, 0.3) is 0 Å². The van der Waals surface area contributed by atoms with Crippen molar-refractivity contribution in [2.75, 3.05) is 22.9 Å². The van der Waals surface area contributed by atoms with Crippen LogP contribution in [0.5, 0.6) is 0 Å². The highest BCUT2D eigenvalue weighted by Crippen LogP contribution is 2.50. The summed E-state index contributed by atoms with van der Waals surface area (Å²) < 4.78 is 0. The van der Waals surface area contributed by atoms with Gasteiger partial charge in [0.2, 0.25) is 0 Å². The van der Waals surface area contributed by atoms with Crippen molar-refractivity contribution in [3.8, 4) is 22.3 Å². The van der Waals surface area contributed by atoms with Gasteiger partial charge in [0.15, 0.2) is 0 Å². The van der Waals surface area contributed by atoms with Gasteiger partial charge in [-0.05, 0) is 149 Å². The standard InChI is InChI=1S/C66H70N2.C3H8.2C2H6/c1-10-13-26-48(6)68(65(47(4)5)62-46-54-31-20-21-33-59(54)49(62)7)57-38-36-53(37-39-57)50(12-3)32-24-41-67(42-40-64-60(25-11-2)61-34-22-23-35-63(61)66(64,8)9)58-44-55(51-27-16-14-17-28-51)43-56(45-58)52-29-18-15-19-30-52;1-3-2;2*1-2/h11-12,14-25,27-40,43-45,48H,2,10,13,26,41-42,46H2,1,3-9H3;3H2,1-2H3;2*1-2H3/b32-24-,50-12+,60-25-,64-40+;;;. The molecule has 2 aliphatic rings. The highest BCUT2D eigenvalue weighted by molar-refractivity contribution is 5.90. The van der Waals surface area contributed by atoms with Crippen molar-refractivity contribution in [3.05, 3.63) is 245 Å². The lowest BCUT2D eigenvalue weighted by atomic mass is 9.82. The third-order valence-corrected chi connectivity index (χ3v) is 14.2. The van der Waals surface area contributed by atoms with Crippen molar-refractivity contribution in [2.24, 2.45) is 0 Å². The zero-order valence-electron chi connectivity index (χ0n) is 48.5. The van der Waals surface area contributed by atoms with Gasteiger partial charge < -0.3 is 9.80 Å². The Morgan fingerprint density at radius 1 is 0.680 bits per heavy atom. The minimum Gasteiger partial charge on any atom is -0.364 e. The molecule has 2 aliphatic carbocycles. The van der Waals surface area contributed by atoms with E-state index in [9.17, 15) is 0 Å². The van der Waals surface area contributed by atoms with Gasteiger partial charge in [0, 0.05) is 48.0 Å². The maximum atomic E-state index is 4.13. The Morgan fingerprint density at radius 2 is 1.24 bits per heavy atom. The number of nitrogens with zero attached hydrogens (tertiary/aromatic N) is 2. The summed E-state index contributed by atoms with van der Waals surface area (Å²) in [5, 5.41) is 0. The minimum atomic E-state index is -0.147. The van der Waals surface area contributed by atoms with Gasteiger partial charge in [-0.25, -0.2) is 0 Å². The molecule has 1 atom stereocenters. The number of fused-ring (bicyclic) bond motifs is 2. The Bertz CT molecular complexity index is 2890. The van der Waals surface area contributed by atoms with Crippen LogP contribution in [0, 0.1) is 0 Å². The second-order valence-corrected chi connectivity index (χ2v) is 20.1. The molecule has 1 unspecified atom stereocenters. The summed E-state index contributed by atoms with van der Waals surface area (Å²) >= 11 is 0. The van der Waals surface area contributed by atoms with Crippen LogP contribution in [0.1, 0.15) is 150 Å². The molecule has 0 spiro atoms. The van der Waals surface area contributed by atoms with Gasteiger partial charge in [-0.3, -0.25) is 0 Å². The highest BCUT2D eigenvalue weighted by Gasteiger charge is 2.37. The molecule has 0 amide bonds. The van der Waals surface area contributed by atoms with Crippen LogP contribution >= 0.6 is 0 Å². The van der Waals surface area contributed by atoms with E-state index in [2.05, 4.69) is 268 Å². The average Bonchev–Trinajstić information content (AvgIpc) is 3.89. The topological polar surface area (TPSA) is 6.48 Å². The molecule has 0 bridgehead atoms. The first-order valence-corrected chi connectivity index (χ1v) is 28.3. The Balaban J connectivity index is 0.00000142. The summed E-state index contributed by atoms with van der Waals surface area (Å²) in [4.78, 5) is 5.17. The van der Waals surface area contributed by atoms with Gasteiger partial charge >= 0.3 is 0 Å². The van der Waals surface area contributed by atoms with Crippen molar-refractivity contribution in [1.82, 2.24) is 0 Å². The molecule has 0 saturated heterocycles. The molecule has 0 N–H and O–H groups in total. The molecule has 0 aliphatic heterocycles. The summed E-state index contributed by atoms with van der Waals surface area (Å²) in [5.41, 5.74) is 23.2. The van der Waals surface area contributed by atoms with E-state index in [1.165, 1.54) is 120 Å². The summed E-state index contributed by atoms with van der Waals surface area (Å²) in [5.74, 6) is 0. The molecule has 6 aromatic carbocycles. The van der Waals surface area contributed by atoms with E-state index in [-0.39, 0.29) is 5.41 Å². The number of unbranched alkanes of at least 4 members (excludes halogenated alkanes) is 1. The summed E-state index contributed by atoms with van der Waals surface area (Å²) in [6.45, 7) is 36.3. The first kappa shape index (κ1) is 59.0. The monoisotopic (exact) mass is 995 g/mol. The van der Waals surface area contributed by atoms with Crippen LogP contribution in [-0.2, 0) is 11.8 Å². The molecule has 0 heterocycles. The van der Waals surface area contributed by atoms with E-state index >= 15 is 0 Å². The van der Waals surface area contributed by atoms with E-state index < -0.39 is 0 Å². The van der Waals surface area contributed by atoms with Gasteiger partial charge in [-0.15, -0.1) is 0 Å². The molecule has 0 aromatic heterocycles. The molecule has 75 heavy (non-hydrogen) atoms. The third kappa shape index (κ3) is 14.3. The molecular weight excluding hydrogens is 905 g/mol. The second-order valence-electron chi connectivity index (χ2n) is 20.1. The molecule has 0 saturated carbocycles. The lowest BCUT2D eigenvalue weighted by molar-refractivity contribution is 0.588. The Kier molecular flexibility index (Phi) is 23.0. The number of hydrogen-bond acceptors (Lipinski definition) is 2. The molecule has 2 nitrogen and oxygen atoms in total. The van der Waals surface area contributed by atoms with Gasteiger partial charge in [0.1, 0.15) is 0 Å². The fourth-order valence-corrected chi connectivity index (χ4v) is 10.6. The number of allylic oxidation sites excluding steroid dienone is 10. The normalized spacial score (nSPS) is 14.7. The van der Waals surface area contributed by atoms with Crippen molar-refractivity contribution in [1.29, 1.82) is 0 Å². The van der Waals surface area contributed by atoms with Crippen LogP contribution in [0.15, 0.2) is 217 Å². The summed E-state index contributed by atoms with van der Waals surface area (Å²) in [7, 11) is 0. The molecular formula is C73H90N2. The van der Waals surface area contributed by atoms with Crippen molar-refractivity contribution in [2.45, 2.75) is 140 Å². The van der Waals surface area contributed by atoms with Crippen LogP contribution < -0.4 is 9.80 Å². The summed E-state index contributed by atoms with van der Waals surface area (Å²) in [6, 6.07) is 56.1. The second kappa shape index (κ2) is 29.3. The molecule has 0 fully saturated rings. The van der Waals surface area contributed by atoms with E-state index in [4.69, 9.17) is 0 Å². The fraction of sp³-hybridized carbons (Fsp3) is 0.315. The maximum Gasteiger partial charge on any atom is 0.0438 e. The lowest BCUT2D eigenvalue weighted by Crippen LogP contribution is -2.34. The molecule has 8 rings (SSSR count). The van der Waals surface area contributed by atoms with Gasteiger partial charge in [-0.2, -0.15) is 0 Å². The zero-order chi connectivity index (χ0) is 54.5. The molecule has 0 radical (unpaired) electrons. The van der Waals surface area contributed by atoms with Crippen LogP contribution in [0.25, 0.3) is 39.0 Å². The van der Waals surface area contributed by atoms with Crippen LogP contribution in [0.4, 0.5) is 11.4 Å². The van der Waals surface area contributed by atoms with Gasteiger partial charge in [-0.1, -0.05) is 252 Å². The van der Waals surface area contributed by atoms with Gasteiger partial charge in [0.05, 0.1) is 0 Å². The predicted octanol–water partition coefficient (Wildman–Crippen LogP) is 21.2. The largest absolute Gasteiger partial charge is 0.364 e. The van der Waals surface area contributed by atoms with E-state index in [1.807, 2.05) is 33.8 Å². The van der Waals surface area contributed by atoms with Crippen LogP contribution in [0.3, 0.4) is 0 Å². The minimum absolute atomic E-state index is 0.147. The zero-order valence-corrected chi connectivity index (χ0v) is 48.5. The van der Waals surface area contributed by atoms with Crippen molar-refractivity contribution in [3.63, 3.8) is 0 Å². The SMILES string of the molecule is C=C/C=C1\C(=C/CN(C/C=C\C(=C/C)c2ccc(N(C(=C(C)C)C3=C(C)c4ccccc4C3)C(C)CCCC)cc2)c2cc(-c3ccccc3)cc(-c3ccccc3)c2)C(C)(C)c2ccccc21.CC.CC.CCC. The smallest absolute Gasteiger partial charge is 0.0438 e. The number of hydrogen-bond donors (Lipinski definition) is 0. The first-order valence-electron chi connectivity index (χ1n) is 28.3. The van der Waals surface area contributed by atoms with E-state index in [1.54, 1.807) is 0 Å². The maximum absolute atomic E-state index is 4.13. The summed E-state index contributed by atoms with van der Waals surface area (Å²) in [6.07, 6.45) is 19.3. The Labute approximate surface area is 456 Å². The predicted molar refractivity (Wildman–Crippen MR) is 336 cm³/mol. The highest BCUT2D eigenvalue weighted by atomic mass is 15.2. The van der Waals surface area contributed by atoms with E-state index in [0.717, 1.165) is 25.9 Å². The van der Waals surface area contributed by atoms with Crippen LogP contribution in [-0.4, -0.2) is 19.1 Å². The van der Waals surface area contributed by atoms with Crippen molar-refractivity contribution >= 4 is 28.1 Å². The number of rotatable bonds is 17. The quantitative estimate of drug-likeness (QED) is 0.0840. The van der Waals surface area contributed by atoms with E-state index in [0.29, 0.717) is 6.04 Å². The molecule has 2 heteroatoms. The number of anilines is 2. The Morgan fingerprint density at radius 3 is 1.79 bits per heavy atom.